The second-order valence-electron chi connectivity index (χ2n) is 4.51. The van der Waals surface area contributed by atoms with Gasteiger partial charge in [0, 0.05) is 5.75 Å². The molecule has 0 spiro atoms. The van der Waals surface area contributed by atoms with Crippen LogP contribution in [-0.2, 0) is 13.6 Å². The Labute approximate surface area is 107 Å². The summed E-state index contributed by atoms with van der Waals surface area (Å²) in [6.07, 6.45) is 0. The summed E-state index contributed by atoms with van der Waals surface area (Å²) in [5.41, 5.74) is 0. The van der Waals surface area contributed by atoms with Crippen molar-refractivity contribution in [1.82, 2.24) is 0 Å². The van der Waals surface area contributed by atoms with Gasteiger partial charge in [-0.1, -0.05) is 19.6 Å². The Morgan fingerprint density at radius 1 is 1.00 bits per heavy atom. The molecule has 0 aliphatic heterocycles. The van der Waals surface area contributed by atoms with Crippen molar-refractivity contribution in [3.05, 3.63) is 0 Å². The highest BCUT2D eigenvalue weighted by molar-refractivity contribution is 8.00. The van der Waals surface area contributed by atoms with E-state index in [9.17, 15) is 0 Å². The minimum atomic E-state index is -1.11. The zero-order chi connectivity index (χ0) is 12.4. The summed E-state index contributed by atoms with van der Waals surface area (Å²) in [6, 6.07) is 0. The summed E-state index contributed by atoms with van der Waals surface area (Å²) in [6.45, 7) is 13.1. The molecule has 0 amide bonds. The first-order valence-corrected chi connectivity index (χ1v) is 11.7. The van der Waals surface area contributed by atoms with Crippen molar-refractivity contribution in [1.29, 1.82) is 0 Å². The molecule has 0 heterocycles. The molecule has 0 unspecified atom stereocenters. The van der Waals surface area contributed by atoms with Crippen LogP contribution in [0.15, 0.2) is 0 Å². The first-order valence-electron chi connectivity index (χ1n) is 5.76. The number of rotatable bonds is 10. The van der Waals surface area contributed by atoms with Crippen LogP contribution in [0.1, 0.15) is 13.8 Å². The Morgan fingerprint density at radius 3 is 2.00 bits per heavy atom. The topological polar surface area (TPSA) is 27.7 Å². The molecule has 98 valence electrons. The van der Waals surface area contributed by atoms with Crippen LogP contribution in [0, 0.1) is 0 Å². The van der Waals surface area contributed by atoms with E-state index in [4.69, 9.17) is 13.6 Å². The zero-order valence-electron chi connectivity index (χ0n) is 11.1. The van der Waals surface area contributed by atoms with E-state index in [1.54, 1.807) is 0 Å². The lowest BCUT2D eigenvalue weighted by atomic mass is 10.9. The minimum absolute atomic E-state index is 0.647. The maximum absolute atomic E-state index is 5.55. The monoisotopic (exact) mass is 284 g/mol. The molecule has 6 heteroatoms. The molecule has 0 rings (SSSR count). The molecule has 0 saturated carbocycles. The first-order chi connectivity index (χ1) is 7.49. The first kappa shape index (κ1) is 16.9. The summed E-state index contributed by atoms with van der Waals surface area (Å²) < 4.78 is 16.3. The third-order valence-corrected chi connectivity index (χ3v) is 7.50. The standard InChI is InChI=1S/C10H25O3PSSi/c1-6-11-14(12-7-2)13-8-9-15-10-16(3,4)5/h6-10H2,1-5H3. The van der Waals surface area contributed by atoms with Gasteiger partial charge in [0.2, 0.25) is 0 Å². The van der Waals surface area contributed by atoms with Crippen LogP contribution in [0.5, 0.6) is 0 Å². The molecule has 3 nitrogen and oxygen atoms in total. The molecule has 0 aromatic rings. The highest BCUT2D eigenvalue weighted by atomic mass is 32.2. The predicted molar refractivity (Wildman–Crippen MR) is 76.8 cm³/mol. The Balaban J connectivity index is 3.46. The molecule has 0 aromatic carbocycles. The number of hydrogen-bond acceptors (Lipinski definition) is 4. The van der Waals surface area contributed by atoms with Gasteiger partial charge in [-0.25, -0.2) is 0 Å². The Bertz CT molecular complexity index is 161. The third kappa shape index (κ3) is 11.4. The van der Waals surface area contributed by atoms with Gasteiger partial charge in [-0.3, -0.25) is 0 Å². The minimum Gasteiger partial charge on any atom is -0.313 e. The van der Waals surface area contributed by atoms with Crippen LogP contribution < -0.4 is 0 Å². The molecule has 0 aliphatic carbocycles. The average Bonchev–Trinajstić information content (AvgIpc) is 2.16. The van der Waals surface area contributed by atoms with Gasteiger partial charge in [0.05, 0.1) is 27.9 Å². The summed E-state index contributed by atoms with van der Waals surface area (Å²) >= 11 is 1.97. The lowest BCUT2D eigenvalue weighted by Crippen LogP contribution is -2.24. The van der Waals surface area contributed by atoms with Crippen molar-refractivity contribution in [3.8, 4) is 0 Å². The van der Waals surface area contributed by atoms with E-state index in [1.807, 2.05) is 25.6 Å². The predicted octanol–water partition coefficient (Wildman–Crippen LogP) is 3.91. The van der Waals surface area contributed by atoms with Crippen LogP contribution in [0.2, 0.25) is 19.6 Å². The molecule has 16 heavy (non-hydrogen) atoms. The maximum atomic E-state index is 5.55. The van der Waals surface area contributed by atoms with Gasteiger partial charge in [-0.15, -0.1) is 0 Å². The van der Waals surface area contributed by atoms with Gasteiger partial charge in [-0.2, -0.15) is 11.8 Å². The highest BCUT2D eigenvalue weighted by Crippen LogP contribution is 2.39. The summed E-state index contributed by atoms with van der Waals surface area (Å²) in [4.78, 5) is 0. The second kappa shape index (κ2) is 9.86. The van der Waals surface area contributed by atoms with Gasteiger partial charge < -0.3 is 13.6 Å². The quantitative estimate of drug-likeness (QED) is 0.345. The van der Waals surface area contributed by atoms with Crippen molar-refractivity contribution < 1.29 is 13.6 Å². The Hall–Kier alpha value is 0.877. The van der Waals surface area contributed by atoms with Crippen molar-refractivity contribution in [2.75, 3.05) is 30.9 Å². The van der Waals surface area contributed by atoms with Crippen molar-refractivity contribution in [2.45, 2.75) is 33.5 Å². The zero-order valence-corrected chi connectivity index (χ0v) is 13.8. The summed E-state index contributed by atoms with van der Waals surface area (Å²) in [7, 11) is -2.02. The number of hydrogen-bond donors (Lipinski definition) is 0. The highest BCUT2D eigenvalue weighted by Gasteiger charge is 2.13. The summed E-state index contributed by atoms with van der Waals surface area (Å²) in [5, 5.41) is 1.29. The molecular weight excluding hydrogens is 259 g/mol. The van der Waals surface area contributed by atoms with Crippen LogP contribution >= 0.6 is 20.4 Å². The van der Waals surface area contributed by atoms with E-state index in [1.165, 1.54) is 5.38 Å². The number of thioether (sulfide) groups is 1. The molecule has 0 N–H and O–H groups in total. The molecular formula is C10H25O3PSSi. The Kier molecular flexibility index (Phi) is 10.4. The largest absolute Gasteiger partial charge is 0.332 e. The smallest absolute Gasteiger partial charge is 0.313 e. The van der Waals surface area contributed by atoms with Crippen molar-refractivity contribution in [2.24, 2.45) is 0 Å². The molecule has 0 fully saturated rings. The van der Waals surface area contributed by atoms with E-state index in [-0.39, 0.29) is 0 Å². The van der Waals surface area contributed by atoms with Gasteiger partial charge in [0.25, 0.3) is 0 Å². The molecule has 0 aliphatic rings. The van der Waals surface area contributed by atoms with Gasteiger partial charge in [0.15, 0.2) is 0 Å². The molecule has 0 bridgehead atoms. The van der Waals surface area contributed by atoms with Crippen molar-refractivity contribution >= 4 is 28.4 Å². The lowest BCUT2D eigenvalue weighted by Gasteiger charge is -2.16. The van der Waals surface area contributed by atoms with E-state index >= 15 is 0 Å². The van der Waals surface area contributed by atoms with Crippen LogP contribution in [0.25, 0.3) is 0 Å². The lowest BCUT2D eigenvalue weighted by molar-refractivity contribution is 0.177. The second-order valence-corrected chi connectivity index (χ2v) is 12.8. The third-order valence-electron chi connectivity index (χ3n) is 1.43. The van der Waals surface area contributed by atoms with Gasteiger partial charge in [0.1, 0.15) is 0 Å². The molecule has 0 radical (unpaired) electrons. The molecule has 0 aromatic heterocycles. The SMILES string of the molecule is CCOP(OCC)OCCSC[Si](C)(C)C. The van der Waals surface area contributed by atoms with Crippen LogP contribution in [-0.4, -0.2) is 39.0 Å². The van der Waals surface area contributed by atoms with E-state index in [2.05, 4.69) is 19.6 Å². The fourth-order valence-corrected chi connectivity index (χ4v) is 5.11. The molecule has 0 saturated heterocycles. The fraction of sp³-hybridized carbons (Fsp3) is 1.00. The van der Waals surface area contributed by atoms with E-state index in [0.29, 0.717) is 13.2 Å². The van der Waals surface area contributed by atoms with E-state index < -0.39 is 16.7 Å². The van der Waals surface area contributed by atoms with Gasteiger partial charge >= 0.3 is 8.60 Å². The normalized spacial score (nSPS) is 12.4. The Morgan fingerprint density at radius 2 is 1.56 bits per heavy atom. The maximum Gasteiger partial charge on any atom is 0.332 e. The summed E-state index contributed by atoms with van der Waals surface area (Å²) in [5.74, 6) is 1.03. The van der Waals surface area contributed by atoms with Crippen molar-refractivity contribution in [3.63, 3.8) is 0 Å². The molecule has 0 atom stereocenters. The fourth-order valence-electron chi connectivity index (χ4n) is 0.872. The van der Waals surface area contributed by atoms with Crippen LogP contribution in [0.4, 0.5) is 0 Å². The average molecular weight is 284 g/mol. The van der Waals surface area contributed by atoms with Crippen LogP contribution in [0.3, 0.4) is 0 Å². The van der Waals surface area contributed by atoms with E-state index in [0.717, 1.165) is 12.4 Å². The van der Waals surface area contributed by atoms with Gasteiger partial charge in [-0.05, 0) is 19.2 Å².